The third-order valence-corrected chi connectivity index (χ3v) is 3.39. The molecule has 0 aliphatic rings. The number of nitrogens with zero attached hydrogens (tertiary/aromatic N) is 1. The Kier molecular flexibility index (Phi) is 5.81. The van der Waals surface area contributed by atoms with E-state index in [1.54, 1.807) is 25.1 Å². The van der Waals surface area contributed by atoms with Gasteiger partial charge in [-0.2, -0.15) is 13.2 Å². The Bertz CT molecular complexity index is 875. The van der Waals surface area contributed by atoms with Crippen LogP contribution in [0.3, 0.4) is 0 Å². The number of carbonyl (C=O) groups is 2. The minimum Gasteiger partial charge on any atom is -0.326 e. The molecule has 0 saturated heterocycles. The second kappa shape index (κ2) is 7.85. The molecular formula is C17H16F3N3O3. The summed E-state index contributed by atoms with van der Waals surface area (Å²) in [6, 6.07) is 7.99. The van der Waals surface area contributed by atoms with Crippen LogP contribution >= 0.6 is 0 Å². The lowest BCUT2D eigenvalue weighted by molar-refractivity contribution is -0.139. The average Bonchev–Trinajstić information content (AvgIpc) is 2.55. The topological polar surface area (TPSA) is 80.2 Å². The molecule has 0 aliphatic carbocycles. The van der Waals surface area contributed by atoms with Crippen LogP contribution in [0, 0.1) is 0 Å². The van der Waals surface area contributed by atoms with Gasteiger partial charge in [-0.1, -0.05) is 13.0 Å². The minimum atomic E-state index is -4.79. The monoisotopic (exact) mass is 367 g/mol. The molecule has 0 bridgehead atoms. The van der Waals surface area contributed by atoms with E-state index in [-0.39, 0.29) is 12.3 Å². The Labute approximate surface area is 146 Å². The highest BCUT2D eigenvalue weighted by Gasteiger charge is 2.34. The van der Waals surface area contributed by atoms with E-state index >= 15 is 0 Å². The molecule has 2 N–H and O–H groups in total. The fourth-order valence-corrected chi connectivity index (χ4v) is 2.16. The molecule has 0 radical (unpaired) electrons. The number of nitrogens with one attached hydrogen (secondary N) is 2. The van der Waals surface area contributed by atoms with Crippen molar-refractivity contribution in [1.82, 2.24) is 4.57 Å². The van der Waals surface area contributed by atoms with Gasteiger partial charge in [0.15, 0.2) is 0 Å². The van der Waals surface area contributed by atoms with Crippen LogP contribution in [-0.4, -0.2) is 16.4 Å². The summed E-state index contributed by atoms with van der Waals surface area (Å²) in [5.74, 6) is -0.880. The predicted molar refractivity (Wildman–Crippen MR) is 89.7 cm³/mol. The number of anilines is 2. The summed E-state index contributed by atoms with van der Waals surface area (Å²) in [5.41, 5.74) is -1.83. The Morgan fingerprint density at radius 2 is 1.65 bits per heavy atom. The van der Waals surface area contributed by atoms with Crippen LogP contribution < -0.4 is 16.2 Å². The van der Waals surface area contributed by atoms with Crippen molar-refractivity contribution in [3.8, 4) is 0 Å². The zero-order chi connectivity index (χ0) is 19.3. The van der Waals surface area contributed by atoms with E-state index in [1.165, 1.54) is 6.07 Å². The van der Waals surface area contributed by atoms with Crippen LogP contribution in [0.15, 0.2) is 47.4 Å². The largest absolute Gasteiger partial charge is 0.421 e. The number of hydrogen-bond acceptors (Lipinski definition) is 3. The number of benzene rings is 1. The number of alkyl halides is 3. The fraction of sp³-hybridized carbons (Fsp3) is 0.235. The molecule has 2 rings (SSSR count). The van der Waals surface area contributed by atoms with Crippen LogP contribution in [0.2, 0.25) is 0 Å². The molecule has 26 heavy (non-hydrogen) atoms. The Morgan fingerprint density at radius 1 is 1.04 bits per heavy atom. The van der Waals surface area contributed by atoms with Crippen LogP contribution in [0.25, 0.3) is 0 Å². The van der Waals surface area contributed by atoms with E-state index in [1.807, 2.05) is 0 Å². The Balaban J connectivity index is 2.12. The molecule has 0 saturated carbocycles. The second-order valence-electron chi connectivity index (χ2n) is 5.38. The molecule has 2 amide bonds. The van der Waals surface area contributed by atoms with Gasteiger partial charge in [-0.3, -0.25) is 14.4 Å². The van der Waals surface area contributed by atoms with Crippen molar-refractivity contribution in [2.75, 3.05) is 10.6 Å². The van der Waals surface area contributed by atoms with E-state index in [2.05, 4.69) is 10.6 Å². The quantitative estimate of drug-likeness (QED) is 0.853. The van der Waals surface area contributed by atoms with Gasteiger partial charge < -0.3 is 15.2 Å². The van der Waals surface area contributed by atoms with Crippen molar-refractivity contribution in [3.63, 3.8) is 0 Å². The first-order chi connectivity index (χ1) is 12.2. The maximum Gasteiger partial charge on any atom is 0.421 e. The number of amides is 2. The first-order valence-corrected chi connectivity index (χ1v) is 7.67. The number of rotatable bonds is 5. The SMILES string of the molecule is CCC(=O)Nc1cccc(NC(=O)Cn2cccc(C(F)(F)F)c2=O)c1. The van der Waals surface area contributed by atoms with Crippen molar-refractivity contribution in [1.29, 1.82) is 0 Å². The van der Waals surface area contributed by atoms with Crippen LogP contribution in [0.4, 0.5) is 24.5 Å². The summed E-state index contributed by atoms with van der Waals surface area (Å²) in [5, 5.41) is 5.09. The summed E-state index contributed by atoms with van der Waals surface area (Å²) in [4.78, 5) is 35.3. The lowest BCUT2D eigenvalue weighted by Crippen LogP contribution is -2.31. The molecule has 2 aromatic rings. The van der Waals surface area contributed by atoms with E-state index < -0.39 is 29.8 Å². The minimum absolute atomic E-state index is 0.205. The highest BCUT2D eigenvalue weighted by atomic mass is 19.4. The first kappa shape index (κ1) is 19.2. The average molecular weight is 367 g/mol. The molecule has 0 aliphatic heterocycles. The van der Waals surface area contributed by atoms with Gasteiger partial charge in [-0.15, -0.1) is 0 Å². The highest BCUT2D eigenvalue weighted by Crippen LogP contribution is 2.26. The Hall–Kier alpha value is -3.10. The Morgan fingerprint density at radius 3 is 2.23 bits per heavy atom. The van der Waals surface area contributed by atoms with Gasteiger partial charge in [0, 0.05) is 24.0 Å². The smallest absolute Gasteiger partial charge is 0.326 e. The molecule has 0 unspecified atom stereocenters. The van der Waals surface area contributed by atoms with Crippen LogP contribution in [-0.2, 0) is 22.3 Å². The maximum absolute atomic E-state index is 12.7. The van der Waals surface area contributed by atoms with Gasteiger partial charge in [0.25, 0.3) is 5.56 Å². The van der Waals surface area contributed by atoms with Gasteiger partial charge in [-0.25, -0.2) is 0 Å². The number of pyridine rings is 1. The molecule has 0 fully saturated rings. The summed E-state index contributed by atoms with van der Waals surface area (Å²) >= 11 is 0. The molecule has 1 aromatic heterocycles. The molecule has 9 heteroatoms. The maximum atomic E-state index is 12.7. The third kappa shape index (κ3) is 4.95. The summed E-state index contributed by atoms with van der Waals surface area (Å²) < 4.78 is 38.9. The van der Waals surface area contributed by atoms with Crippen molar-refractivity contribution >= 4 is 23.2 Å². The van der Waals surface area contributed by atoms with Crippen molar-refractivity contribution in [2.24, 2.45) is 0 Å². The molecule has 0 spiro atoms. The van der Waals surface area contributed by atoms with Crippen molar-refractivity contribution in [2.45, 2.75) is 26.1 Å². The number of halogens is 3. The normalized spacial score (nSPS) is 11.1. The van der Waals surface area contributed by atoms with Crippen LogP contribution in [0.1, 0.15) is 18.9 Å². The molecule has 1 aromatic carbocycles. The molecule has 138 valence electrons. The summed E-state index contributed by atoms with van der Waals surface area (Å²) in [6.45, 7) is 1.11. The lowest BCUT2D eigenvalue weighted by Gasteiger charge is -2.11. The predicted octanol–water partition coefficient (Wildman–Crippen LogP) is 2.85. The van der Waals surface area contributed by atoms with Gasteiger partial charge in [0.1, 0.15) is 12.1 Å². The van der Waals surface area contributed by atoms with Gasteiger partial charge in [-0.05, 0) is 30.3 Å². The van der Waals surface area contributed by atoms with Crippen molar-refractivity contribution < 1.29 is 22.8 Å². The molecule has 0 atom stereocenters. The van der Waals surface area contributed by atoms with E-state index in [4.69, 9.17) is 0 Å². The third-order valence-electron chi connectivity index (χ3n) is 3.39. The zero-order valence-corrected chi connectivity index (χ0v) is 13.8. The first-order valence-electron chi connectivity index (χ1n) is 7.67. The van der Waals surface area contributed by atoms with Gasteiger partial charge in [0.2, 0.25) is 11.8 Å². The van der Waals surface area contributed by atoms with Crippen LogP contribution in [0.5, 0.6) is 0 Å². The standard InChI is InChI=1S/C17H16F3N3O3/c1-2-14(24)21-11-5-3-6-12(9-11)22-15(25)10-23-8-4-7-13(16(23)26)17(18,19)20/h3-9H,2,10H2,1H3,(H,21,24)(H,22,25). The summed E-state index contributed by atoms with van der Waals surface area (Å²) in [7, 11) is 0. The molecular weight excluding hydrogens is 351 g/mol. The fourth-order valence-electron chi connectivity index (χ4n) is 2.16. The number of hydrogen-bond donors (Lipinski definition) is 2. The highest BCUT2D eigenvalue weighted by molar-refractivity contribution is 5.93. The van der Waals surface area contributed by atoms with E-state index in [0.717, 1.165) is 12.3 Å². The van der Waals surface area contributed by atoms with E-state index in [9.17, 15) is 27.6 Å². The van der Waals surface area contributed by atoms with Gasteiger partial charge >= 0.3 is 6.18 Å². The zero-order valence-electron chi connectivity index (χ0n) is 13.8. The van der Waals surface area contributed by atoms with Gasteiger partial charge in [0.05, 0.1) is 0 Å². The number of carbonyl (C=O) groups excluding carboxylic acids is 2. The number of aromatic nitrogens is 1. The molecule has 1 heterocycles. The summed E-state index contributed by atoms with van der Waals surface area (Å²) in [6.07, 6.45) is -3.40. The van der Waals surface area contributed by atoms with E-state index in [0.29, 0.717) is 22.0 Å². The molecule has 6 nitrogen and oxygen atoms in total. The lowest BCUT2D eigenvalue weighted by atomic mass is 10.2. The van der Waals surface area contributed by atoms with Crippen molar-refractivity contribution in [3.05, 3.63) is 58.5 Å². The second-order valence-corrected chi connectivity index (χ2v) is 5.38.